The van der Waals surface area contributed by atoms with Crippen molar-refractivity contribution in [1.29, 1.82) is 0 Å². The molecule has 0 aliphatic carbocycles. The summed E-state index contributed by atoms with van der Waals surface area (Å²) in [5.41, 5.74) is 1.01. The zero-order valence-corrected chi connectivity index (χ0v) is 14.1. The predicted molar refractivity (Wildman–Crippen MR) is 89.2 cm³/mol. The van der Waals surface area contributed by atoms with Crippen molar-refractivity contribution in [1.82, 2.24) is 15.1 Å². The van der Waals surface area contributed by atoms with Crippen molar-refractivity contribution in [3.63, 3.8) is 0 Å². The molecule has 1 heterocycles. The van der Waals surface area contributed by atoms with Crippen LogP contribution in [0.3, 0.4) is 0 Å². The van der Waals surface area contributed by atoms with Crippen molar-refractivity contribution in [3.8, 4) is 0 Å². The smallest absolute Gasteiger partial charge is 0.242 e. The molecule has 1 aliphatic heterocycles. The third-order valence-corrected chi connectivity index (χ3v) is 3.76. The highest BCUT2D eigenvalue weighted by Gasteiger charge is 2.26. The Morgan fingerprint density at radius 2 is 2.14 bits per heavy atom. The molecule has 1 aromatic carbocycles. The SMILES string of the molecule is CNCCC(=O)N1CCN(Cc2cccc(Cl)c2)C(=O)C1.Cl. The van der Waals surface area contributed by atoms with Gasteiger partial charge in [0.1, 0.15) is 0 Å². The molecule has 0 bridgehead atoms. The molecule has 1 aromatic rings. The molecule has 0 radical (unpaired) electrons. The minimum atomic E-state index is -0.0148. The van der Waals surface area contributed by atoms with E-state index in [1.54, 1.807) is 16.8 Å². The standard InChI is InChI=1S/C15H20ClN3O2.ClH/c1-17-6-5-14(20)19-8-7-18(15(21)11-19)10-12-3-2-4-13(16)9-12;/h2-4,9,17H,5-8,10-11H2,1H3;1H. The molecule has 7 heteroatoms. The van der Waals surface area contributed by atoms with Crippen molar-refractivity contribution >= 4 is 35.8 Å². The Morgan fingerprint density at radius 1 is 1.36 bits per heavy atom. The minimum Gasteiger partial charge on any atom is -0.335 e. The maximum atomic E-state index is 12.2. The molecule has 0 unspecified atom stereocenters. The summed E-state index contributed by atoms with van der Waals surface area (Å²) in [5.74, 6) is 0.0131. The highest BCUT2D eigenvalue weighted by atomic mass is 35.5. The van der Waals surface area contributed by atoms with Gasteiger partial charge in [-0.2, -0.15) is 0 Å². The first-order chi connectivity index (χ1) is 10.1. The summed E-state index contributed by atoms with van der Waals surface area (Å²) in [4.78, 5) is 27.5. The Hall–Kier alpha value is -1.30. The molecule has 2 rings (SSSR count). The van der Waals surface area contributed by atoms with E-state index in [9.17, 15) is 9.59 Å². The average Bonchev–Trinajstić information content (AvgIpc) is 2.47. The largest absolute Gasteiger partial charge is 0.335 e. The molecule has 0 saturated carbocycles. The molecular weight excluding hydrogens is 325 g/mol. The zero-order valence-electron chi connectivity index (χ0n) is 12.5. The molecule has 1 aliphatic rings. The molecule has 0 spiro atoms. The van der Waals surface area contributed by atoms with Gasteiger partial charge in [-0.25, -0.2) is 0 Å². The number of nitrogens with zero attached hydrogens (tertiary/aromatic N) is 2. The number of benzene rings is 1. The molecule has 0 aromatic heterocycles. The number of piperazine rings is 1. The van der Waals surface area contributed by atoms with E-state index in [4.69, 9.17) is 11.6 Å². The lowest BCUT2D eigenvalue weighted by Crippen LogP contribution is -2.52. The van der Waals surface area contributed by atoms with Crippen LogP contribution in [0.15, 0.2) is 24.3 Å². The van der Waals surface area contributed by atoms with Crippen LogP contribution in [0, 0.1) is 0 Å². The lowest BCUT2D eigenvalue weighted by Gasteiger charge is -2.34. The monoisotopic (exact) mass is 345 g/mol. The van der Waals surface area contributed by atoms with Gasteiger partial charge in [-0.1, -0.05) is 23.7 Å². The van der Waals surface area contributed by atoms with Crippen LogP contribution in [-0.2, 0) is 16.1 Å². The van der Waals surface area contributed by atoms with E-state index in [2.05, 4.69) is 5.32 Å². The molecule has 122 valence electrons. The first-order valence-corrected chi connectivity index (χ1v) is 7.42. The lowest BCUT2D eigenvalue weighted by atomic mass is 10.2. The quantitative estimate of drug-likeness (QED) is 0.880. The second-order valence-electron chi connectivity index (χ2n) is 5.11. The maximum absolute atomic E-state index is 12.2. The summed E-state index contributed by atoms with van der Waals surface area (Å²) in [6, 6.07) is 7.49. The number of nitrogens with one attached hydrogen (secondary N) is 1. The average molecular weight is 346 g/mol. The highest BCUT2D eigenvalue weighted by Crippen LogP contribution is 2.14. The summed E-state index contributed by atoms with van der Waals surface area (Å²) in [6.07, 6.45) is 0.429. The number of hydrogen-bond acceptors (Lipinski definition) is 3. The van der Waals surface area contributed by atoms with Crippen molar-refractivity contribution in [3.05, 3.63) is 34.9 Å². The number of carbonyl (C=O) groups excluding carboxylic acids is 2. The summed E-state index contributed by atoms with van der Waals surface area (Å²) in [5, 5.41) is 3.61. The predicted octanol–water partition coefficient (Wildman–Crippen LogP) is 1.54. The summed E-state index contributed by atoms with van der Waals surface area (Å²) < 4.78 is 0. The van der Waals surface area contributed by atoms with Crippen molar-refractivity contribution in [2.24, 2.45) is 0 Å². The summed E-state index contributed by atoms with van der Waals surface area (Å²) in [6.45, 7) is 2.50. The van der Waals surface area contributed by atoms with Crippen molar-refractivity contribution in [2.75, 3.05) is 33.2 Å². The lowest BCUT2D eigenvalue weighted by molar-refractivity contribution is -0.145. The van der Waals surface area contributed by atoms with E-state index in [1.807, 2.05) is 24.3 Å². The number of amides is 2. The summed E-state index contributed by atoms with van der Waals surface area (Å²) >= 11 is 5.95. The van der Waals surface area contributed by atoms with E-state index >= 15 is 0 Å². The van der Waals surface area contributed by atoms with E-state index in [1.165, 1.54) is 0 Å². The fourth-order valence-corrected chi connectivity index (χ4v) is 2.55. The Morgan fingerprint density at radius 3 is 2.77 bits per heavy atom. The fourth-order valence-electron chi connectivity index (χ4n) is 2.33. The maximum Gasteiger partial charge on any atom is 0.242 e. The number of halogens is 2. The molecule has 1 fully saturated rings. The van der Waals surface area contributed by atoms with Crippen LogP contribution in [-0.4, -0.2) is 54.8 Å². The molecular formula is C15H21Cl2N3O2. The summed E-state index contributed by atoms with van der Waals surface area (Å²) in [7, 11) is 1.81. The van der Waals surface area contributed by atoms with E-state index < -0.39 is 0 Å². The second-order valence-corrected chi connectivity index (χ2v) is 5.55. The van der Waals surface area contributed by atoms with Gasteiger partial charge in [0.15, 0.2) is 0 Å². The number of hydrogen-bond donors (Lipinski definition) is 1. The van der Waals surface area contributed by atoms with Crippen LogP contribution in [0.4, 0.5) is 0 Å². The van der Waals surface area contributed by atoms with Gasteiger partial charge in [-0.3, -0.25) is 9.59 Å². The third kappa shape index (κ3) is 5.16. The molecule has 5 nitrogen and oxygen atoms in total. The Balaban J connectivity index is 0.00000242. The van der Waals surface area contributed by atoms with Gasteiger partial charge in [0.05, 0.1) is 6.54 Å². The van der Waals surface area contributed by atoms with Gasteiger partial charge in [0.25, 0.3) is 0 Å². The Labute approximate surface area is 142 Å². The van der Waals surface area contributed by atoms with Gasteiger partial charge in [-0.05, 0) is 24.7 Å². The zero-order chi connectivity index (χ0) is 15.2. The van der Waals surface area contributed by atoms with Crippen LogP contribution in [0.25, 0.3) is 0 Å². The van der Waals surface area contributed by atoms with Gasteiger partial charge in [0.2, 0.25) is 11.8 Å². The first-order valence-electron chi connectivity index (χ1n) is 7.04. The molecule has 22 heavy (non-hydrogen) atoms. The highest BCUT2D eigenvalue weighted by molar-refractivity contribution is 6.30. The molecule has 1 N–H and O–H groups in total. The van der Waals surface area contributed by atoms with E-state index in [0.29, 0.717) is 37.6 Å². The van der Waals surface area contributed by atoms with Crippen LogP contribution >= 0.6 is 24.0 Å². The number of carbonyl (C=O) groups is 2. The minimum absolute atomic E-state index is 0. The van der Waals surface area contributed by atoms with Gasteiger partial charge in [0, 0.05) is 37.6 Å². The number of rotatable bonds is 5. The van der Waals surface area contributed by atoms with Crippen LogP contribution in [0.5, 0.6) is 0 Å². The molecule has 2 amide bonds. The van der Waals surface area contributed by atoms with Crippen LogP contribution in [0.2, 0.25) is 5.02 Å². The van der Waals surface area contributed by atoms with Gasteiger partial charge < -0.3 is 15.1 Å². The Kier molecular flexibility index (Phi) is 7.65. The van der Waals surface area contributed by atoms with Crippen molar-refractivity contribution in [2.45, 2.75) is 13.0 Å². The fraction of sp³-hybridized carbons (Fsp3) is 0.467. The van der Waals surface area contributed by atoms with Crippen LogP contribution < -0.4 is 5.32 Å². The molecule has 1 saturated heterocycles. The van der Waals surface area contributed by atoms with Gasteiger partial charge >= 0.3 is 0 Å². The Bertz CT molecular complexity index is 525. The van der Waals surface area contributed by atoms with Crippen LogP contribution in [0.1, 0.15) is 12.0 Å². The topological polar surface area (TPSA) is 52.7 Å². The normalized spacial score (nSPS) is 14.7. The van der Waals surface area contributed by atoms with Gasteiger partial charge in [-0.15, -0.1) is 12.4 Å². The second kappa shape index (κ2) is 8.98. The molecule has 0 atom stereocenters. The third-order valence-electron chi connectivity index (χ3n) is 3.52. The van der Waals surface area contributed by atoms with Crippen molar-refractivity contribution < 1.29 is 9.59 Å². The first kappa shape index (κ1) is 18.7. The van der Waals surface area contributed by atoms with E-state index in [0.717, 1.165) is 5.56 Å². The van der Waals surface area contributed by atoms with E-state index in [-0.39, 0.29) is 30.8 Å².